The van der Waals surface area contributed by atoms with Gasteiger partial charge in [-0.25, -0.2) is 4.79 Å². The molecule has 24 heavy (non-hydrogen) atoms. The highest BCUT2D eigenvalue weighted by Crippen LogP contribution is 2.30. The molecule has 122 valence electrons. The van der Waals surface area contributed by atoms with Gasteiger partial charge >= 0.3 is 5.97 Å². The number of nitrogens with zero attached hydrogens (tertiary/aromatic N) is 3. The standard InChI is InChI=1S/C16H12BrN3O4/c1-2-19-14-8-7-10(20(22)23)9-12(14)15(18-19)24-16(21)11-5-3-4-6-13(11)17/h3-9H,2H2,1H3. The number of nitro groups is 1. The number of halogens is 1. The van der Waals surface area contributed by atoms with Crippen LogP contribution in [0.25, 0.3) is 10.9 Å². The summed E-state index contributed by atoms with van der Waals surface area (Å²) in [5.74, 6) is -0.534. The van der Waals surface area contributed by atoms with Crippen LogP contribution in [0.1, 0.15) is 17.3 Å². The third-order valence-electron chi connectivity index (χ3n) is 3.49. The quantitative estimate of drug-likeness (QED) is 0.383. The third-order valence-corrected chi connectivity index (χ3v) is 4.19. The molecular weight excluding hydrogens is 378 g/mol. The van der Waals surface area contributed by atoms with Crippen LogP contribution in [0.2, 0.25) is 0 Å². The minimum atomic E-state index is -0.586. The maximum Gasteiger partial charge on any atom is 0.346 e. The SMILES string of the molecule is CCn1nc(OC(=O)c2ccccc2Br)c2cc([N+](=O)[O-])ccc21. The number of fused-ring (bicyclic) bond motifs is 1. The molecule has 3 rings (SSSR count). The van der Waals surface area contributed by atoms with E-state index in [2.05, 4.69) is 21.0 Å². The van der Waals surface area contributed by atoms with Crippen LogP contribution in [0.3, 0.4) is 0 Å². The van der Waals surface area contributed by atoms with Gasteiger partial charge < -0.3 is 4.74 Å². The number of hydrogen-bond donors (Lipinski definition) is 0. The number of aromatic nitrogens is 2. The van der Waals surface area contributed by atoms with Crippen molar-refractivity contribution in [3.8, 4) is 5.88 Å². The van der Waals surface area contributed by atoms with Crippen LogP contribution in [-0.4, -0.2) is 20.7 Å². The summed E-state index contributed by atoms with van der Waals surface area (Å²) in [4.78, 5) is 22.8. The second-order valence-electron chi connectivity index (χ2n) is 4.95. The molecular formula is C16H12BrN3O4. The van der Waals surface area contributed by atoms with Crippen LogP contribution in [0.15, 0.2) is 46.9 Å². The molecule has 0 saturated heterocycles. The molecule has 0 unspecified atom stereocenters. The van der Waals surface area contributed by atoms with E-state index in [-0.39, 0.29) is 11.6 Å². The van der Waals surface area contributed by atoms with Crippen LogP contribution in [0, 0.1) is 10.1 Å². The molecule has 0 aliphatic heterocycles. The molecule has 8 heteroatoms. The molecule has 0 aliphatic rings. The number of esters is 1. The van der Waals surface area contributed by atoms with Crippen LogP contribution >= 0.6 is 15.9 Å². The normalized spacial score (nSPS) is 10.8. The van der Waals surface area contributed by atoms with Crippen LogP contribution < -0.4 is 4.74 Å². The number of aryl methyl sites for hydroxylation is 1. The predicted molar refractivity (Wildman–Crippen MR) is 91.2 cm³/mol. The molecule has 0 fully saturated rings. The Kier molecular flexibility index (Phi) is 4.30. The Bertz CT molecular complexity index is 952. The number of non-ortho nitro benzene ring substituents is 1. The third kappa shape index (κ3) is 2.88. The van der Waals surface area contributed by atoms with Crippen LogP contribution in [0.4, 0.5) is 5.69 Å². The predicted octanol–water partition coefficient (Wildman–Crippen LogP) is 3.95. The lowest BCUT2D eigenvalue weighted by Crippen LogP contribution is -2.10. The number of carbonyl (C=O) groups is 1. The van der Waals surface area contributed by atoms with Crippen molar-refractivity contribution in [2.75, 3.05) is 0 Å². The maximum absolute atomic E-state index is 12.4. The topological polar surface area (TPSA) is 87.3 Å². The first-order valence-electron chi connectivity index (χ1n) is 7.13. The van der Waals surface area contributed by atoms with Crippen LogP contribution in [0.5, 0.6) is 5.88 Å². The summed E-state index contributed by atoms with van der Waals surface area (Å²) in [5, 5.41) is 15.6. The van der Waals surface area contributed by atoms with Gasteiger partial charge in [-0.2, -0.15) is 0 Å². The minimum Gasteiger partial charge on any atom is -0.401 e. The zero-order valence-corrected chi connectivity index (χ0v) is 14.2. The molecule has 1 aromatic heterocycles. The fraction of sp³-hybridized carbons (Fsp3) is 0.125. The van der Waals surface area contributed by atoms with Gasteiger partial charge in [0.05, 0.1) is 21.4 Å². The first-order valence-corrected chi connectivity index (χ1v) is 7.92. The molecule has 0 bridgehead atoms. The van der Waals surface area contributed by atoms with Crippen molar-refractivity contribution in [1.29, 1.82) is 0 Å². The second kappa shape index (κ2) is 6.40. The van der Waals surface area contributed by atoms with Crippen molar-refractivity contribution in [3.05, 3.63) is 62.6 Å². The lowest BCUT2D eigenvalue weighted by Gasteiger charge is -2.03. The molecule has 0 aliphatic carbocycles. The monoisotopic (exact) mass is 389 g/mol. The van der Waals surface area contributed by atoms with Crippen LogP contribution in [-0.2, 0) is 6.54 Å². The average molecular weight is 390 g/mol. The molecule has 2 aromatic carbocycles. The maximum atomic E-state index is 12.4. The molecule has 0 N–H and O–H groups in total. The summed E-state index contributed by atoms with van der Waals surface area (Å²) in [7, 11) is 0. The summed E-state index contributed by atoms with van der Waals surface area (Å²) in [6, 6.07) is 11.2. The smallest absolute Gasteiger partial charge is 0.346 e. The van der Waals surface area contributed by atoms with E-state index in [9.17, 15) is 14.9 Å². The fourth-order valence-corrected chi connectivity index (χ4v) is 2.78. The highest BCUT2D eigenvalue weighted by Gasteiger charge is 2.19. The summed E-state index contributed by atoms with van der Waals surface area (Å²) in [5.41, 5.74) is 0.927. The van der Waals surface area contributed by atoms with Crippen molar-refractivity contribution in [2.24, 2.45) is 0 Å². The van der Waals surface area contributed by atoms with E-state index >= 15 is 0 Å². The molecule has 0 spiro atoms. The Balaban J connectivity index is 2.05. The van der Waals surface area contributed by atoms with E-state index in [0.29, 0.717) is 27.5 Å². The molecule has 0 atom stereocenters. The number of carbonyl (C=O) groups excluding carboxylic acids is 1. The van der Waals surface area contributed by atoms with Gasteiger partial charge in [0.2, 0.25) is 5.88 Å². The van der Waals surface area contributed by atoms with Crippen molar-refractivity contribution >= 4 is 38.5 Å². The molecule has 0 saturated carbocycles. The molecule has 7 nitrogen and oxygen atoms in total. The van der Waals surface area contributed by atoms with E-state index < -0.39 is 10.9 Å². The molecule has 0 amide bonds. The van der Waals surface area contributed by atoms with Crippen molar-refractivity contribution < 1.29 is 14.5 Å². The summed E-state index contributed by atoms with van der Waals surface area (Å²) >= 11 is 3.29. The molecule has 1 heterocycles. The van der Waals surface area contributed by atoms with Gasteiger partial charge in [-0.3, -0.25) is 14.8 Å². The second-order valence-corrected chi connectivity index (χ2v) is 5.80. The Hall–Kier alpha value is -2.74. The van der Waals surface area contributed by atoms with Crippen molar-refractivity contribution in [3.63, 3.8) is 0 Å². The number of hydrogen-bond acceptors (Lipinski definition) is 5. The Labute approximate surface area is 145 Å². The zero-order chi connectivity index (χ0) is 17.3. The van der Waals surface area contributed by atoms with Gasteiger partial charge in [-0.1, -0.05) is 12.1 Å². The van der Waals surface area contributed by atoms with E-state index in [1.807, 2.05) is 6.92 Å². The number of nitro benzene ring substituents is 1. The van der Waals surface area contributed by atoms with Gasteiger partial charge in [0.25, 0.3) is 5.69 Å². The fourth-order valence-electron chi connectivity index (χ4n) is 2.34. The first kappa shape index (κ1) is 16.1. The average Bonchev–Trinajstić information content (AvgIpc) is 2.92. The Morgan fingerprint density at radius 2 is 2.08 bits per heavy atom. The van der Waals surface area contributed by atoms with Crippen molar-refractivity contribution in [2.45, 2.75) is 13.5 Å². The van der Waals surface area contributed by atoms with E-state index in [1.165, 1.54) is 12.1 Å². The number of ether oxygens (including phenoxy) is 1. The first-order chi connectivity index (χ1) is 11.5. The lowest BCUT2D eigenvalue weighted by atomic mass is 10.2. The van der Waals surface area contributed by atoms with E-state index in [4.69, 9.17) is 4.74 Å². The van der Waals surface area contributed by atoms with Gasteiger partial charge in [0, 0.05) is 23.2 Å². The Morgan fingerprint density at radius 3 is 2.75 bits per heavy atom. The summed E-state index contributed by atoms with van der Waals surface area (Å²) < 4.78 is 7.61. The number of rotatable bonds is 4. The van der Waals surface area contributed by atoms with Gasteiger partial charge in [-0.15, -0.1) is 5.10 Å². The zero-order valence-electron chi connectivity index (χ0n) is 12.6. The summed E-state index contributed by atoms with van der Waals surface area (Å²) in [6.07, 6.45) is 0. The highest BCUT2D eigenvalue weighted by molar-refractivity contribution is 9.10. The Morgan fingerprint density at radius 1 is 1.33 bits per heavy atom. The minimum absolute atomic E-state index is 0.0521. The highest BCUT2D eigenvalue weighted by atomic mass is 79.9. The number of benzene rings is 2. The van der Waals surface area contributed by atoms with E-state index in [0.717, 1.165) is 0 Å². The van der Waals surface area contributed by atoms with Crippen molar-refractivity contribution in [1.82, 2.24) is 9.78 Å². The van der Waals surface area contributed by atoms with Gasteiger partial charge in [0.1, 0.15) is 0 Å². The van der Waals surface area contributed by atoms with Gasteiger partial charge in [0.15, 0.2) is 0 Å². The molecule has 3 aromatic rings. The molecule has 0 radical (unpaired) electrons. The lowest BCUT2D eigenvalue weighted by molar-refractivity contribution is -0.384. The largest absolute Gasteiger partial charge is 0.401 e. The van der Waals surface area contributed by atoms with Gasteiger partial charge in [-0.05, 0) is 41.1 Å². The summed E-state index contributed by atoms with van der Waals surface area (Å²) in [6.45, 7) is 2.42. The van der Waals surface area contributed by atoms with E-state index in [1.54, 1.807) is 35.0 Å².